The van der Waals surface area contributed by atoms with Gasteiger partial charge in [0, 0.05) is 36.8 Å². The van der Waals surface area contributed by atoms with Crippen LogP contribution in [0.4, 0.5) is 13.2 Å². The Morgan fingerprint density at radius 3 is 2.58 bits per heavy atom. The van der Waals surface area contributed by atoms with Crippen molar-refractivity contribution >= 4 is 17.8 Å². The highest BCUT2D eigenvalue weighted by Gasteiger charge is 2.39. The summed E-state index contributed by atoms with van der Waals surface area (Å²) < 4.78 is 41.5. The molecule has 1 atom stereocenters. The third-order valence-corrected chi connectivity index (χ3v) is 7.33. The molecule has 0 amide bonds. The number of halogens is 4. The van der Waals surface area contributed by atoms with Gasteiger partial charge in [0.15, 0.2) is 12.1 Å². The van der Waals surface area contributed by atoms with Crippen molar-refractivity contribution in [1.82, 2.24) is 29.9 Å². The summed E-state index contributed by atoms with van der Waals surface area (Å²) in [5, 5.41) is 21.9. The van der Waals surface area contributed by atoms with Crippen molar-refractivity contribution in [2.75, 3.05) is 13.1 Å². The lowest BCUT2D eigenvalue weighted by Gasteiger charge is -2.37. The van der Waals surface area contributed by atoms with Crippen molar-refractivity contribution in [3.05, 3.63) is 52.2 Å². The molecule has 1 fully saturated rings. The summed E-state index contributed by atoms with van der Waals surface area (Å²) in [7, 11) is 0. The number of hydrogen-bond acceptors (Lipinski definition) is 7. The maximum Gasteiger partial charge on any atom is 0.431 e. The molecule has 0 spiro atoms. The Balaban J connectivity index is 1.39. The average Bonchev–Trinajstić information content (AvgIpc) is 3.19. The van der Waals surface area contributed by atoms with Gasteiger partial charge >= 0.3 is 6.18 Å². The van der Waals surface area contributed by atoms with Gasteiger partial charge in [-0.1, -0.05) is 11.6 Å². The predicted molar refractivity (Wildman–Crippen MR) is 128 cm³/mol. The minimum absolute atomic E-state index is 0.0757. The Morgan fingerprint density at radius 2 is 1.89 bits per heavy atom. The van der Waals surface area contributed by atoms with E-state index in [0.717, 1.165) is 29.0 Å². The summed E-state index contributed by atoms with van der Waals surface area (Å²) in [6.45, 7) is 5.87. The fourth-order valence-electron chi connectivity index (χ4n) is 4.94. The molecule has 1 saturated heterocycles. The van der Waals surface area contributed by atoms with E-state index in [4.69, 9.17) is 11.6 Å². The van der Waals surface area contributed by atoms with Crippen molar-refractivity contribution in [3.8, 4) is 11.8 Å². The maximum absolute atomic E-state index is 13.1. The van der Waals surface area contributed by atoms with Crippen LogP contribution >= 0.6 is 11.6 Å². The van der Waals surface area contributed by atoms with E-state index >= 15 is 0 Å². The number of aliphatic imine (C=N–C) groups is 1. The van der Waals surface area contributed by atoms with Crippen LogP contribution in [-0.4, -0.2) is 61.9 Å². The number of aromatic nitrogens is 3. The first-order valence-corrected chi connectivity index (χ1v) is 12.1. The smallest absolute Gasteiger partial charge is 0.347 e. The highest BCUT2D eigenvalue weighted by molar-refractivity contribution is 6.30. The third-order valence-electron chi connectivity index (χ3n) is 7.09. The van der Waals surface area contributed by atoms with Gasteiger partial charge < -0.3 is 5.32 Å². The molecule has 1 aromatic carbocycles. The molecule has 2 aromatic rings. The van der Waals surface area contributed by atoms with E-state index in [-0.39, 0.29) is 5.92 Å². The van der Waals surface area contributed by atoms with Crippen LogP contribution in [0, 0.1) is 11.3 Å². The van der Waals surface area contributed by atoms with Crippen LogP contribution in [0.1, 0.15) is 49.8 Å². The molecule has 5 rings (SSSR count). The molecule has 3 aliphatic rings. The SMILES string of the molecule is CC(C)(C#N)N1Cc2cc(Cl)ccc2-n2c(nnc2C2CCN(C3N=CC=C(C(F)(F)F)N3)CC2)C1. The zero-order valence-corrected chi connectivity index (χ0v) is 20.7. The molecule has 36 heavy (non-hydrogen) atoms. The topological polar surface area (TPSA) is 85.4 Å². The number of nitriles is 1. The van der Waals surface area contributed by atoms with Crippen molar-refractivity contribution < 1.29 is 13.2 Å². The molecule has 8 nitrogen and oxygen atoms in total. The van der Waals surface area contributed by atoms with Gasteiger partial charge in [-0.15, -0.1) is 10.2 Å². The second-order valence-corrected chi connectivity index (χ2v) is 10.3. The highest BCUT2D eigenvalue weighted by Crippen LogP contribution is 2.35. The molecular weight excluding hydrogens is 493 g/mol. The lowest BCUT2D eigenvalue weighted by Crippen LogP contribution is -2.50. The Bertz CT molecular complexity index is 1250. The normalized spacial score (nSPS) is 21.7. The summed E-state index contributed by atoms with van der Waals surface area (Å²) in [6.07, 6.45) is -1.61. The quantitative estimate of drug-likeness (QED) is 0.658. The van der Waals surface area contributed by atoms with E-state index < -0.39 is 23.7 Å². The Morgan fingerprint density at radius 1 is 1.14 bits per heavy atom. The summed E-state index contributed by atoms with van der Waals surface area (Å²) >= 11 is 6.32. The van der Waals surface area contributed by atoms with Crippen molar-refractivity contribution in [3.63, 3.8) is 0 Å². The Labute approximate surface area is 212 Å². The zero-order chi connectivity index (χ0) is 25.7. The van der Waals surface area contributed by atoms with E-state index in [2.05, 4.69) is 36.0 Å². The molecule has 3 aliphatic heterocycles. The van der Waals surface area contributed by atoms with Gasteiger partial charge in [-0.2, -0.15) is 18.4 Å². The first kappa shape index (κ1) is 24.7. The van der Waals surface area contributed by atoms with Crippen LogP contribution < -0.4 is 5.32 Å². The molecule has 190 valence electrons. The van der Waals surface area contributed by atoms with Gasteiger partial charge in [0.25, 0.3) is 0 Å². The second-order valence-electron chi connectivity index (χ2n) is 9.81. The number of allylic oxidation sites excluding steroid dienone is 2. The van der Waals surface area contributed by atoms with Crippen LogP contribution in [-0.2, 0) is 13.1 Å². The summed E-state index contributed by atoms with van der Waals surface area (Å²) in [6, 6.07) is 8.08. The molecule has 4 heterocycles. The fraction of sp³-hybridized carbons (Fsp3) is 0.500. The van der Waals surface area contributed by atoms with Gasteiger partial charge in [-0.05, 0) is 56.5 Å². The van der Waals surface area contributed by atoms with Crippen LogP contribution in [0.2, 0.25) is 5.02 Å². The number of hydrogen-bond donors (Lipinski definition) is 1. The molecule has 0 saturated carbocycles. The molecule has 0 radical (unpaired) electrons. The van der Waals surface area contributed by atoms with Gasteiger partial charge in [0.2, 0.25) is 0 Å². The van der Waals surface area contributed by atoms with Gasteiger partial charge in [-0.25, -0.2) is 0 Å². The Kier molecular flexibility index (Phi) is 6.31. The zero-order valence-electron chi connectivity index (χ0n) is 19.9. The number of rotatable bonds is 3. The van der Waals surface area contributed by atoms with E-state index in [1.165, 1.54) is 6.21 Å². The van der Waals surface area contributed by atoms with E-state index in [9.17, 15) is 18.4 Å². The lowest BCUT2D eigenvalue weighted by molar-refractivity contribution is -0.100. The van der Waals surface area contributed by atoms with Gasteiger partial charge in [-0.3, -0.25) is 19.4 Å². The second kappa shape index (κ2) is 9.18. The maximum atomic E-state index is 13.1. The van der Waals surface area contributed by atoms with Crippen LogP contribution in [0.5, 0.6) is 0 Å². The van der Waals surface area contributed by atoms with Crippen molar-refractivity contribution in [2.24, 2.45) is 4.99 Å². The number of benzene rings is 1. The first-order chi connectivity index (χ1) is 17.1. The van der Waals surface area contributed by atoms with Crippen LogP contribution in [0.25, 0.3) is 5.69 Å². The number of likely N-dealkylation sites (tertiary alicyclic amines) is 1. The Hall–Kier alpha value is -2.94. The summed E-state index contributed by atoms with van der Waals surface area (Å²) in [4.78, 5) is 8.17. The number of piperidine rings is 1. The first-order valence-electron chi connectivity index (χ1n) is 11.8. The predicted octanol–water partition coefficient (Wildman–Crippen LogP) is 4.12. The van der Waals surface area contributed by atoms with Crippen molar-refractivity contribution in [2.45, 2.75) is 63.7 Å². The molecule has 12 heteroatoms. The number of nitrogens with one attached hydrogen (secondary N) is 1. The molecule has 1 aromatic heterocycles. The largest absolute Gasteiger partial charge is 0.431 e. The van der Waals surface area contributed by atoms with Crippen LogP contribution in [0.3, 0.4) is 0 Å². The monoisotopic (exact) mass is 518 g/mol. The third kappa shape index (κ3) is 4.61. The molecule has 0 bridgehead atoms. The minimum Gasteiger partial charge on any atom is -0.347 e. The summed E-state index contributed by atoms with van der Waals surface area (Å²) in [5.74, 6) is 1.64. The molecule has 1 N–H and O–H groups in total. The molecule has 0 aliphatic carbocycles. The van der Waals surface area contributed by atoms with Crippen molar-refractivity contribution in [1.29, 1.82) is 5.26 Å². The van der Waals surface area contributed by atoms with Crippen LogP contribution in [0.15, 0.2) is 35.0 Å². The average molecular weight is 519 g/mol. The molecular formula is C24H26ClF3N8. The van der Waals surface area contributed by atoms with E-state index in [0.29, 0.717) is 44.0 Å². The number of alkyl halides is 3. The minimum atomic E-state index is -4.44. The lowest BCUT2D eigenvalue weighted by atomic mass is 9.95. The van der Waals surface area contributed by atoms with Gasteiger partial charge in [0.05, 0.1) is 18.3 Å². The van der Waals surface area contributed by atoms with E-state index in [1.54, 1.807) is 0 Å². The highest BCUT2D eigenvalue weighted by atomic mass is 35.5. The van der Waals surface area contributed by atoms with E-state index in [1.807, 2.05) is 36.9 Å². The summed E-state index contributed by atoms with van der Waals surface area (Å²) in [5.41, 5.74) is 0.415. The number of fused-ring (bicyclic) bond motifs is 3. The fourth-order valence-corrected chi connectivity index (χ4v) is 5.14. The standard InChI is InChI=1S/C24H26ClF3N8/c1-23(2,14-29)35-12-16-11-17(25)3-4-18(16)36-20(13-35)32-33-21(36)15-6-9-34(10-7-15)22-30-8-5-19(31-22)24(26,27)28/h3-5,8,11,15,22,31H,6-7,9-10,12-13H2,1-2H3. The molecule has 1 unspecified atom stereocenters. The number of nitrogens with zero attached hydrogens (tertiary/aromatic N) is 7. The van der Waals surface area contributed by atoms with Gasteiger partial charge in [0.1, 0.15) is 17.1 Å².